The molecule has 0 radical (unpaired) electrons. The summed E-state index contributed by atoms with van der Waals surface area (Å²) in [5.41, 5.74) is 1.44. The van der Waals surface area contributed by atoms with Crippen molar-refractivity contribution in [3.63, 3.8) is 0 Å². The van der Waals surface area contributed by atoms with Crippen LogP contribution in [0.3, 0.4) is 0 Å². The molecule has 0 amide bonds. The molecule has 3 aliphatic rings. The second-order valence-electron chi connectivity index (χ2n) is 10.5. The van der Waals surface area contributed by atoms with Crippen molar-refractivity contribution in [3.05, 3.63) is 11.6 Å². The third-order valence-corrected chi connectivity index (χ3v) is 8.72. The highest BCUT2D eigenvalue weighted by Crippen LogP contribution is 2.51. The van der Waals surface area contributed by atoms with Crippen molar-refractivity contribution >= 4 is 0 Å². The molecule has 0 aromatic rings. The molecule has 0 aromatic carbocycles. The Hall–Kier alpha value is -0.770. The van der Waals surface area contributed by atoms with Crippen LogP contribution in [0.4, 0.5) is 0 Å². The first-order valence-corrected chi connectivity index (χ1v) is 12.8. The van der Waals surface area contributed by atoms with Crippen LogP contribution in [0.5, 0.6) is 0 Å². The molecule has 3 aliphatic carbocycles. The SMILES string of the molecule is CCCCC1CCC(C2CCC(C#N)(C3=CC[C@H](CCCC)CC3)CC2)CC1. The quantitative estimate of drug-likeness (QED) is 0.385. The molecule has 1 nitrogen and oxygen atoms in total. The number of unbranched alkanes of at least 4 members (excludes halogenated alkanes) is 2. The lowest BCUT2D eigenvalue weighted by Gasteiger charge is -2.42. The Morgan fingerprint density at radius 3 is 2.00 bits per heavy atom. The predicted octanol–water partition coefficient (Wildman–Crippen LogP) is 8.60. The normalized spacial score (nSPS) is 36.5. The topological polar surface area (TPSA) is 23.8 Å². The maximum absolute atomic E-state index is 10.1. The highest BCUT2D eigenvalue weighted by atomic mass is 14.5. The molecule has 0 heterocycles. The zero-order valence-electron chi connectivity index (χ0n) is 18.9. The summed E-state index contributed by atoms with van der Waals surface area (Å²) in [6, 6.07) is 2.83. The van der Waals surface area contributed by atoms with Gasteiger partial charge in [0, 0.05) is 0 Å². The highest BCUT2D eigenvalue weighted by Gasteiger charge is 2.41. The lowest BCUT2D eigenvalue weighted by Crippen LogP contribution is -2.33. The molecular formula is C27H45N. The summed E-state index contributed by atoms with van der Waals surface area (Å²) < 4.78 is 0. The van der Waals surface area contributed by atoms with Gasteiger partial charge in [-0.05, 0) is 81.5 Å². The Labute approximate surface area is 175 Å². The molecule has 0 saturated heterocycles. The fraction of sp³-hybridized carbons (Fsp3) is 0.889. The largest absolute Gasteiger partial charge is 0.197 e. The van der Waals surface area contributed by atoms with E-state index in [-0.39, 0.29) is 5.41 Å². The fourth-order valence-electron chi connectivity index (χ4n) is 6.63. The molecular weight excluding hydrogens is 338 g/mol. The third-order valence-electron chi connectivity index (χ3n) is 8.72. The molecule has 3 rings (SSSR count). The van der Waals surface area contributed by atoms with Crippen LogP contribution in [-0.4, -0.2) is 0 Å². The summed E-state index contributed by atoms with van der Waals surface area (Å²) in [7, 11) is 0. The van der Waals surface area contributed by atoms with Crippen LogP contribution in [0.2, 0.25) is 0 Å². The van der Waals surface area contributed by atoms with Crippen LogP contribution in [-0.2, 0) is 0 Å². The summed E-state index contributed by atoms with van der Waals surface area (Å²) in [5.74, 6) is 3.79. The van der Waals surface area contributed by atoms with Crippen molar-refractivity contribution in [3.8, 4) is 6.07 Å². The molecule has 0 aromatic heterocycles. The maximum atomic E-state index is 10.1. The molecule has 28 heavy (non-hydrogen) atoms. The van der Waals surface area contributed by atoms with Gasteiger partial charge in [-0.25, -0.2) is 0 Å². The Bertz CT molecular complexity index is 523. The van der Waals surface area contributed by atoms with Gasteiger partial charge in [0.25, 0.3) is 0 Å². The van der Waals surface area contributed by atoms with Crippen molar-refractivity contribution in [1.29, 1.82) is 5.26 Å². The predicted molar refractivity (Wildman–Crippen MR) is 120 cm³/mol. The van der Waals surface area contributed by atoms with Crippen molar-refractivity contribution in [2.75, 3.05) is 0 Å². The van der Waals surface area contributed by atoms with Crippen LogP contribution in [0.15, 0.2) is 11.6 Å². The lowest BCUT2D eigenvalue weighted by molar-refractivity contribution is 0.130. The monoisotopic (exact) mass is 383 g/mol. The van der Waals surface area contributed by atoms with Crippen LogP contribution >= 0.6 is 0 Å². The zero-order chi connectivity index (χ0) is 19.8. The van der Waals surface area contributed by atoms with Gasteiger partial charge >= 0.3 is 0 Å². The smallest absolute Gasteiger partial charge is 0.0782 e. The van der Waals surface area contributed by atoms with Crippen LogP contribution in [0.1, 0.15) is 123 Å². The first-order chi connectivity index (χ1) is 13.7. The van der Waals surface area contributed by atoms with E-state index < -0.39 is 0 Å². The summed E-state index contributed by atoms with van der Waals surface area (Å²) in [5, 5.41) is 10.1. The van der Waals surface area contributed by atoms with Gasteiger partial charge in [-0.3, -0.25) is 0 Å². The number of allylic oxidation sites excluding steroid dienone is 2. The Morgan fingerprint density at radius 1 is 0.857 bits per heavy atom. The van der Waals surface area contributed by atoms with Gasteiger partial charge in [0.2, 0.25) is 0 Å². The van der Waals surface area contributed by atoms with E-state index in [2.05, 4.69) is 26.0 Å². The average Bonchev–Trinajstić information content (AvgIpc) is 2.77. The molecule has 0 aliphatic heterocycles. The van der Waals surface area contributed by atoms with Gasteiger partial charge in [0.15, 0.2) is 0 Å². The first kappa shape index (κ1) is 21.9. The summed E-state index contributed by atoms with van der Waals surface area (Å²) in [4.78, 5) is 0. The molecule has 0 spiro atoms. The standard InChI is InChI=1S/C27H45N/c1-3-5-7-22-9-13-24(14-10-22)25-17-19-27(21-28,20-18-25)26-15-11-23(12-16-26)8-6-4-2/h15,22-25H,3-14,16-20H2,1-2H3/t22?,23-,24?,25?,27?/m0/s1. The Morgan fingerprint density at radius 2 is 1.46 bits per heavy atom. The highest BCUT2D eigenvalue weighted by molar-refractivity contribution is 5.26. The molecule has 0 N–H and O–H groups in total. The van der Waals surface area contributed by atoms with Crippen molar-refractivity contribution in [1.82, 2.24) is 0 Å². The summed E-state index contributed by atoms with van der Waals surface area (Å²) in [6.45, 7) is 4.62. The number of rotatable bonds is 8. The molecule has 0 unspecified atom stereocenters. The minimum Gasteiger partial charge on any atom is -0.197 e. The minimum absolute atomic E-state index is 0.0927. The zero-order valence-corrected chi connectivity index (χ0v) is 18.9. The van der Waals surface area contributed by atoms with Gasteiger partial charge in [0.05, 0.1) is 11.5 Å². The van der Waals surface area contributed by atoms with E-state index in [9.17, 15) is 5.26 Å². The van der Waals surface area contributed by atoms with E-state index in [1.54, 1.807) is 0 Å². The summed E-state index contributed by atoms with van der Waals surface area (Å²) >= 11 is 0. The average molecular weight is 384 g/mol. The van der Waals surface area contributed by atoms with E-state index in [1.165, 1.54) is 102 Å². The molecule has 1 atom stereocenters. The van der Waals surface area contributed by atoms with E-state index in [0.717, 1.165) is 36.5 Å². The Balaban J connectivity index is 1.48. The third kappa shape index (κ3) is 5.43. The first-order valence-electron chi connectivity index (χ1n) is 12.8. The van der Waals surface area contributed by atoms with E-state index in [1.807, 2.05) is 0 Å². The lowest BCUT2D eigenvalue weighted by atomic mass is 9.61. The van der Waals surface area contributed by atoms with E-state index in [0.29, 0.717) is 0 Å². The number of hydrogen-bond donors (Lipinski definition) is 0. The second-order valence-corrected chi connectivity index (χ2v) is 10.5. The van der Waals surface area contributed by atoms with Crippen LogP contribution < -0.4 is 0 Å². The van der Waals surface area contributed by atoms with Gasteiger partial charge in [-0.15, -0.1) is 0 Å². The molecule has 1 heteroatoms. The second kappa shape index (κ2) is 10.8. The molecule has 2 fully saturated rings. The molecule has 0 bridgehead atoms. The van der Waals surface area contributed by atoms with Crippen molar-refractivity contribution < 1.29 is 0 Å². The number of nitrogens with zero attached hydrogens (tertiary/aromatic N) is 1. The minimum atomic E-state index is -0.0927. The van der Waals surface area contributed by atoms with Gasteiger partial charge < -0.3 is 0 Å². The number of hydrogen-bond acceptors (Lipinski definition) is 1. The fourth-order valence-corrected chi connectivity index (χ4v) is 6.63. The van der Waals surface area contributed by atoms with Crippen molar-refractivity contribution in [2.45, 2.75) is 123 Å². The van der Waals surface area contributed by atoms with Crippen molar-refractivity contribution in [2.24, 2.45) is 29.1 Å². The van der Waals surface area contributed by atoms with E-state index >= 15 is 0 Å². The van der Waals surface area contributed by atoms with Gasteiger partial charge in [0.1, 0.15) is 0 Å². The Kier molecular flexibility index (Phi) is 8.50. The molecule has 158 valence electrons. The van der Waals surface area contributed by atoms with Crippen LogP contribution in [0.25, 0.3) is 0 Å². The van der Waals surface area contributed by atoms with Gasteiger partial charge in [-0.1, -0.05) is 76.9 Å². The maximum Gasteiger partial charge on any atom is 0.0782 e. The number of nitriles is 1. The van der Waals surface area contributed by atoms with E-state index in [4.69, 9.17) is 0 Å². The summed E-state index contributed by atoms with van der Waals surface area (Å²) in [6.07, 6.45) is 25.5. The van der Waals surface area contributed by atoms with Crippen LogP contribution in [0, 0.1) is 40.4 Å². The molecule has 2 saturated carbocycles. The van der Waals surface area contributed by atoms with Gasteiger partial charge in [-0.2, -0.15) is 5.26 Å².